The summed E-state index contributed by atoms with van der Waals surface area (Å²) in [5.41, 5.74) is 9.88. The number of urea groups is 1. The van der Waals surface area contributed by atoms with Gasteiger partial charge in [-0.1, -0.05) is 32.0 Å². The first-order valence-corrected chi connectivity index (χ1v) is 11.3. The standard InChI is InChI=1S/C23H34N4O7/c1-11(2)17-15(9-14-5-4-13(8-12(14)3)6-7-25-23(24)32)21(27-26-17)34-22-20(31)19(30)18(29)16(10-28)33-22/h4-5,8,11,16,18-20,22,28-31H,6-7,9-10H2,1-3H3,(H,26,27)(H3,24,25,32)/t16-,18-,19+,20-,22+/m1/s1. The van der Waals surface area contributed by atoms with Crippen molar-refractivity contribution in [2.45, 2.75) is 70.2 Å². The Hall–Kier alpha value is -2.70. The molecule has 5 atom stereocenters. The lowest BCUT2D eigenvalue weighted by molar-refractivity contribution is -0.278. The van der Waals surface area contributed by atoms with Gasteiger partial charge < -0.3 is 41.0 Å². The Morgan fingerprint density at radius 2 is 2.00 bits per heavy atom. The average molecular weight is 479 g/mol. The van der Waals surface area contributed by atoms with E-state index in [1.807, 2.05) is 39.0 Å². The zero-order chi connectivity index (χ0) is 25.0. The van der Waals surface area contributed by atoms with Gasteiger partial charge in [-0.2, -0.15) is 0 Å². The monoisotopic (exact) mass is 478 g/mol. The van der Waals surface area contributed by atoms with Crippen LogP contribution in [0.4, 0.5) is 4.79 Å². The molecule has 188 valence electrons. The van der Waals surface area contributed by atoms with Gasteiger partial charge in [-0.05, 0) is 36.0 Å². The third kappa shape index (κ3) is 5.86. The smallest absolute Gasteiger partial charge is 0.312 e. The molecule has 2 heterocycles. The number of aliphatic hydroxyl groups excluding tert-OH is 4. The van der Waals surface area contributed by atoms with Gasteiger partial charge in [-0.25, -0.2) is 4.79 Å². The molecule has 1 aromatic heterocycles. The molecular formula is C23H34N4O7. The third-order valence-corrected chi connectivity index (χ3v) is 6.00. The van der Waals surface area contributed by atoms with Crippen molar-refractivity contribution in [3.63, 3.8) is 0 Å². The highest BCUT2D eigenvalue weighted by molar-refractivity contribution is 5.71. The van der Waals surface area contributed by atoms with Crippen molar-refractivity contribution < 1.29 is 34.7 Å². The molecule has 0 spiro atoms. The number of nitrogens with one attached hydrogen (secondary N) is 2. The number of carbonyl (C=O) groups excluding carboxylic acids is 1. The van der Waals surface area contributed by atoms with E-state index in [1.54, 1.807) is 0 Å². The van der Waals surface area contributed by atoms with Crippen LogP contribution in [0.3, 0.4) is 0 Å². The highest BCUT2D eigenvalue weighted by Gasteiger charge is 2.45. The lowest BCUT2D eigenvalue weighted by atomic mass is 9.95. The first kappa shape index (κ1) is 25.9. The van der Waals surface area contributed by atoms with Crippen LogP contribution < -0.4 is 15.8 Å². The molecular weight excluding hydrogens is 444 g/mol. The summed E-state index contributed by atoms with van der Waals surface area (Å²) in [6, 6.07) is 5.48. The molecule has 1 fully saturated rings. The van der Waals surface area contributed by atoms with E-state index in [1.165, 1.54) is 0 Å². The van der Waals surface area contributed by atoms with Gasteiger partial charge in [0.2, 0.25) is 12.2 Å². The minimum Gasteiger partial charge on any atom is -0.443 e. The second-order valence-electron chi connectivity index (χ2n) is 8.87. The van der Waals surface area contributed by atoms with Crippen LogP contribution in [0.5, 0.6) is 5.88 Å². The molecule has 1 aliphatic rings. The Morgan fingerprint density at radius 1 is 1.26 bits per heavy atom. The van der Waals surface area contributed by atoms with E-state index in [0.717, 1.165) is 27.9 Å². The van der Waals surface area contributed by atoms with Gasteiger partial charge in [-0.15, -0.1) is 5.10 Å². The maximum atomic E-state index is 10.9. The van der Waals surface area contributed by atoms with E-state index < -0.39 is 43.3 Å². The van der Waals surface area contributed by atoms with Gasteiger partial charge in [-0.3, -0.25) is 5.10 Å². The predicted octanol–water partition coefficient (Wildman–Crippen LogP) is -0.178. The van der Waals surface area contributed by atoms with Crippen molar-refractivity contribution >= 4 is 6.03 Å². The molecule has 0 aliphatic carbocycles. The summed E-state index contributed by atoms with van der Waals surface area (Å²) in [6.07, 6.45) is -5.79. The molecule has 0 saturated carbocycles. The van der Waals surface area contributed by atoms with E-state index in [0.29, 0.717) is 19.4 Å². The van der Waals surface area contributed by atoms with Gasteiger partial charge >= 0.3 is 6.03 Å². The SMILES string of the molecule is Cc1cc(CCNC(N)=O)ccc1Cc1c(O[C@@H]2O[C@H](CO)[C@@H](O)[C@H](O)[C@H]2O)n[nH]c1C(C)C. The summed E-state index contributed by atoms with van der Waals surface area (Å²) >= 11 is 0. The van der Waals surface area contributed by atoms with E-state index in [2.05, 4.69) is 15.5 Å². The number of aromatic nitrogens is 2. The van der Waals surface area contributed by atoms with Gasteiger partial charge in [0.25, 0.3) is 0 Å². The Balaban J connectivity index is 1.81. The number of hydrogen-bond acceptors (Lipinski definition) is 8. The Morgan fingerprint density at radius 3 is 2.62 bits per heavy atom. The number of nitrogens with two attached hydrogens (primary N) is 1. The van der Waals surface area contributed by atoms with Gasteiger partial charge in [0.15, 0.2) is 0 Å². The van der Waals surface area contributed by atoms with Crippen LogP contribution in [-0.4, -0.2) is 80.5 Å². The van der Waals surface area contributed by atoms with Crippen LogP contribution in [0.1, 0.15) is 47.7 Å². The maximum absolute atomic E-state index is 10.9. The fourth-order valence-corrected chi connectivity index (χ4v) is 4.01. The van der Waals surface area contributed by atoms with Crippen LogP contribution in [-0.2, 0) is 17.6 Å². The Bertz CT molecular complexity index is 978. The highest BCUT2D eigenvalue weighted by Crippen LogP contribution is 2.31. The molecule has 2 amide bonds. The van der Waals surface area contributed by atoms with E-state index in [9.17, 15) is 25.2 Å². The second kappa shape index (κ2) is 11.2. The van der Waals surface area contributed by atoms with Crippen LogP contribution in [0.15, 0.2) is 18.2 Å². The summed E-state index contributed by atoms with van der Waals surface area (Å²) in [6.45, 7) is 5.92. The second-order valence-corrected chi connectivity index (χ2v) is 8.87. The number of amides is 2. The molecule has 1 saturated heterocycles. The quantitative estimate of drug-likeness (QED) is 0.259. The summed E-state index contributed by atoms with van der Waals surface area (Å²) in [4.78, 5) is 10.9. The molecule has 0 unspecified atom stereocenters. The van der Waals surface area contributed by atoms with Gasteiger partial charge in [0.05, 0.1) is 6.61 Å². The fourth-order valence-electron chi connectivity index (χ4n) is 4.01. The number of hydrogen-bond donors (Lipinski definition) is 7. The number of nitrogens with zero attached hydrogens (tertiary/aromatic N) is 1. The molecule has 0 bridgehead atoms. The third-order valence-electron chi connectivity index (χ3n) is 6.00. The van der Waals surface area contributed by atoms with Crippen LogP contribution in [0.25, 0.3) is 0 Å². The molecule has 34 heavy (non-hydrogen) atoms. The normalized spacial score (nSPS) is 24.9. The minimum atomic E-state index is -1.54. The Kier molecular flexibility index (Phi) is 8.50. The highest BCUT2D eigenvalue weighted by atomic mass is 16.7. The molecule has 0 radical (unpaired) electrons. The molecule has 8 N–H and O–H groups in total. The number of carbonyl (C=O) groups is 1. The number of aryl methyl sites for hydroxylation is 1. The number of benzene rings is 1. The largest absolute Gasteiger partial charge is 0.443 e. The van der Waals surface area contributed by atoms with Crippen molar-refractivity contribution in [3.05, 3.63) is 46.1 Å². The van der Waals surface area contributed by atoms with E-state index in [-0.39, 0.29) is 11.8 Å². The Labute approximate surface area is 197 Å². The molecule has 11 heteroatoms. The zero-order valence-corrected chi connectivity index (χ0v) is 19.6. The van der Waals surface area contributed by atoms with Crippen molar-refractivity contribution in [1.82, 2.24) is 15.5 Å². The van der Waals surface area contributed by atoms with Gasteiger partial charge in [0.1, 0.15) is 24.4 Å². The molecule has 3 rings (SSSR count). The van der Waals surface area contributed by atoms with Crippen molar-refractivity contribution in [2.24, 2.45) is 5.73 Å². The summed E-state index contributed by atoms with van der Waals surface area (Å²) in [7, 11) is 0. The van der Waals surface area contributed by atoms with Crippen molar-refractivity contribution in [1.29, 1.82) is 0 Å². The maximum Gasteiger partial charge on any atom is 0.312 e. The average Bonchev–Trinajstić information content (AvgIpc) is 3.18. The van der Waals surface area contributed by atoms with E-state index >= 15 is 0 Å². The molecule has 1 aliphatic heterocycles. The molecule has 1 aromatic carbocycles. The topological polar surface area (TPSA) is 183 Å². The first-order chi connectivity index (χ1) is 16.1. The van der Waals surface area contributed by atoms with Crippen molar-refractivity contribution in [2.75, 3.05) is 13.2 Å². The molecule has 11 nitrogen and oxygen atoms in total. The summed E-state index contributed by atoms with van der Waals surface area (Å²) in [5.74, 6) is 0.316. The number of primary amides is 1. The number of H-pyrrole nitrogens is 1. The van der Waals surface area contributed by atoms with Crippen LogP contribution in [0, 0.1) is 6.92 Å². The number of rotatable bonds is 9. The summed E-state index contributed by atoms with van der Waals surface area (Å²) in [5, 5.41) is 49.7. The predicted molar refractivity (Wildman–Crippen MR) is 122 cm³/mol. The van der Waals surface area contributed by atoms with Crippen LogP contribution >= 0.6 is 0 Å². The summed E-state index contributed by atoms with van der Waals surface area (Å²) < 4.78 is 11.3. The van der Waals surface area contributed by atoms with Crippen molar-refractivity contribution in [3.8, 4) is 5.88 Å². The number of ether oxygens (including phenoxy) is 2. The first-order valence-electron chi connectivity index (χ1n) is 11.3. The lowest BCUT2D eigenvalue weighted by Gasteiger charge is -2.39. The number of aromatic amines is 1. The fraction of sp³-hybridized carbons (Fsp3) is 0.565. The lowest BCUT2D eigenvalue weighted by Crippen LogP contribution is -2.60. The minimum absolute atomic E-state index is 0.106. The number of aliphatic hydroxyl groups is 4. The zero-order valence-electron chi connectivity index (χ0n) is 19.6. The van der Waals surface area contributed by atoms with Crippen LogP contribution in [0.2, 0.25) is 0 Å². The van der Waals surface area contributed by atoms with Gasteiger partial charge in [0, 0.05) is 24.2 Å². The van der Waals surface area contributed by atoms with E-state index in [4.69, 9.17) is 15.2 Å². The molecule has 2 aromatic rings.